The Balaban J connectivity index is 1.54. The molecule has 5 unspecified atom stereocenters. The number of carbonyl (C=O) groups excluding carboxylic acids is 1. The minimum atomic E-state index is -0.729. The van der Waals surface area contributed by atoms with Crippen molar-refractivity contribution in [2.45, 2.75) is 56.7 Å². The van der Waals surface area contributed by atoms with E-state index >= 15 is 0 Å². The van der Waals surface area contributed by atoms with Crippen LogP contribution in [0.2, 0.25) is 0 Å². The van der Waals surface area contributed by atoms with Gasteiger partial charge >= 0.3 is 12.0 Å². The van der Waals surface area contributed by atoms with Crippen LogP contribution in [0.5, 0.6) is 0 Å². The fourth-order valence-electron chi connectivity index (χ4n) is 4.86. The Hall–Kier alpha value is -1.26. The van der Waals surface area contributed by atoms with Gasteiger partial charge in [0.05, 0.1) is 5.92 Å². The first kappa shape index (κ1) is 11.6. The maximum absolute atomic E-state index is 12.7. The highest BCUT2D eigenvalue weighted by Crippen LogP contribution is 2.45. The first-order valence-corrected chi connectivity index (χ1v) is 7.47. The zero-order chi connectivity index (χ0) is 13.1. The van der Waals surface area contributed by atoms with Gasteiger partial charge in [0.15, 0.2) is 0 Å². The molecule has 4 aliphatic rings. The van der Waals surface area contributed by atoms with E-state index in [1.54, 1.807) is 0 Å². The summed E-state index contributed by atoms with van der Waals surface area (Å²) in [5.74, 6) is -0.361. The number of fused-ring (bicyclic) bond motifs is 4. The van der Waals surface area contributed by atoms with Gasteiger partial charge in [-0.2, -0.15) is 0 Å². The van der Waals surface area contributed by atoms with E-state index in [9.17, 15) is 14.7 Å². The normalized spacial score (nSPS) is 43.3. The number of aliphatic carboxylic acids is 1. The van der Waals surface area contributed by atoms with Gasteiger partial charge in [-0.15, -0.1) is 0 Å². The van der Waals surface area contributed by atoms with Gasteiger partial charge in [-0.25, -0.2) is 4.79 Å². The van der Waals surface area contributed by atoms with Crippen LogP contribution in [0.3, 0.4) is 0 Å². The quantitative estimate of drug-likeness (QED) is 0.781. The maximum atomic E-state index is 12.7. The number of carbonyl (C=O) groups is 2. The van der Waals surface area contributed by atoms with Gasteiger partial charge in [0.25, 0.3) is 0 Å². The number of rotatable bonds is 1. The number of hydrogen-bond acceptors (Lipinski definition) is 2. The molecule has 0 spiro atoms. The smallest absolute Gasteiger partial charge is 0.320 e. The molecule has 1 saturated carbocycles. The summed E-state index contributed by atoms with van der Waals surface area (Å²) in [6, 6.07) is 0.691. The highest BCUT2D eigenvalue weighted by Gasteiger charge is 2.54. The number of amides is 2. The molecule has 3 heterocycles. The summed E-state index contributed by atoms with van der Waals surface area (Å²) < 4.78 is 0. The standard InChI is InChI=1S/C14H20N2O3/c17-13(18)11-6-10-3-4-12(11)16(10)14(19)15-7-8-1-2-9(15)5-8/h8-12H,1-7H2,(H,17,18). The summed E-state index contributed by atoms with van der Waals surface area (Å²) in [7, 11) is 0. The molecule has 1 aliphatic carbocycles. The number of likely N-dealkylation sites (tertiary alicyclic amines) is 1. The summed E-state index contributed by atoms with van der Waals surface area (Å²) >= 11 is 0. The van der Waals surface area contributed by atoms with Gasteiger partial charge in [0.2, 0.25) is 0 Å². The third kappa shape index (κ3) is 1.53. The van der Waals surface area contributed by atoms with Crippen LogP contribution >= 0.6 is 0 Å². The van der Waals surface area contributed by atoms with Crippen LogP contribution < -0.4 is 0 Å². The summed E-state index contributed by atoms with van der Waals surface area (Å²) in [6.45, 7) is 0.900. The van der Waals surface area contributed by atoms with Crippen molar-refractivity contribution in [1.29, 1.82) is 0 Å². The van der Waals surface area contributed by atoms with E-state index in [2.05, 4.69) is 0 Å². The van der Waals surface area contributed by atoms with Gasteiger partial charge < -0.3 is 14.9 Å². The molecule has 1 N–H and O–H groups in total. The lowest BCUT2D eigenvalue weighted by molar-refractivity contribution is -0.142. The molecule has 3 aliphatic heterocycles. The van der Waals surface area contributed by atoms with Crippen molar-refractivity contribution in [3.63, 3.8) is 0 Å². The summed E-state index contributed by atoms with van der Waals surface area (Å²) in [5.41, 5.74) is 0. The Bertz CT molecular complexity index is 438. The number of piperidine rings is 1. The van der Waals surface area contributed by atoms with E-state index in [0.29, 0.717) is 18.4 Å². The molecule has 4 bridgehead atoms. The average molecular weight is 264 g/mol. The number of nitrogens with zero attached hydrogens (tertiary/aromatic N) is 2. The Morgan fingerprint density at radius 2 is 1.79 bits per heavy atom. The van der Waals surface area contributed by atoms with Crippen LogP contribution in [0.4, 0.5) is 4.79 Å². The third-order valence-electron chi connectivity index (χ3n) is 5.73. The molecule has 0 radical (unpaired) electrons. The Kier molecular flexibility index (Phi) is 2.35. The van der Waals surface area contributed by atoms with Crippen molar-refractivity contribution in [3.8, 4) is 0 Å². The summed E-state index contributed by atoms with van der Waals surface area (Å²) in [6.07, 6.45) is 6.09. The fourth-order valence-corrected chi connectivity index (χ4v) is 4.86. The second-order valence-electron chi connectivity index (χ2n) is 6.65. The first-order chi connectivity index (χ1) is 9.15. The minimum absolute atomic E-state index is 0.0471. The summed E-state index contributed by atoms with van der Waals surface area (Å²) in [4.78, 5) is 27.9. The van der Waals surface area contributed by atoms with Crippen molar-refractivity contribution < 1.29 is 14.7 Å². The first-order valence-electron chi connectivity index (χ1n) is 7.47. The SMILES string of the molecule is O=C(O)C1CC2CCC1N2C(=O)N1CC2CCC1C2. The van der Waals surface area contributed by atoms with Crippen molar-refractivity contribution >= 4 is 12.0 Å². The van der Waals surface area contributed by atoms with Gasteiger partial charge in [0, 0.05) is 24.7 Å². The molecule has 0 aromatic carbocycles. The van der Waals surface area contributed by atoms with Crippen LogP contribution in [0, 0.1) is 11.8 Å². The Morgan fingerprint density at radius 3 is 2.37 bits per heavy atom. The van der Waals surface area contributed by atoms with Gasteiger partial charge in [-0.1, -0.05) is 0 Å². The van der Waals surface area contributed by atoms with Crippen LogP contribution in [0.25, 0.3) is 0 Å². The van der Waals surface area contributed by atoms with Crippen molar-refractivity contribution in [1.82, 2.24) is 9.80 Å². The van der Waals surface area contributed by atoms with Crippen molar-refractivity contribution in [3.05, 3.63) is 0 Å². The van der Waals surface area contributed by atoms with Crippen LogP contribution in [-0.4, -0.2) is 51.6 Å². The molecule has 4 rings (SSSR count). The Morgan fingerprint density at radius 1 is 1.00 bits per heavy atom. The van der Waals surface area contributed by atoms with E-state index in [-0.39, 0.29) is 24.0 Å². The van der Waals surface area contributed by atoms with Gasteiger partial charge in [0.1, 0.15) is 0 Å². The molecule has 0 aromatic heterocycles. The van der Waals surface area contributed by atoms with E-state index in [0.717, 1.165) is 32.2 Å². The molecule has 19 heavy (non-hydrogen) atoms. The van der Waals surface area contributed by atoms with Gasteiger partial charge in [-0.05, 0) is 44.4 Å². The molecule has 5 heteroatoms. The van der Waals surface area contributed by atoms with Gasteiger partial charge in [-0.3, -0.25) is 4.79 Å². The van der Waals surface area contributed by atoms with Crippen molar-refractivity contribution in [2.24, 2.45) is 11.8 Å². The number of carboxylic acid groups (broad SMARTS) is 1. The van der Waals surface area contributed by atoms with Crippen LogP contribution in [0.15, 0.2) is 0 Å². The Labute approximate surface area is 112 Å². The number of urea groups is 1. The molecule has 4 fully saturated rings. The molecule has 0 aromatic rings. The van der Waals surface area contributed by atoms with E-state index in [4.69, 9.17) is 0 Å². The van der Waals surface area contributed by atoms with Crippen LogP contribution in [-0.2, 0) is 4.79 Å². The van der Waals surface area contributed by atoms with E-state index in [1.165, 1.54) is 6.42 Å². The zero-order valence-corrected chi connectivity index (χ0v) is 11.0. The topological polar surface area (TPSA) is 60.9 Å². The second kappa shape index (κ2) is 3.87. The predicted molar refractivity (Wildman–Crippen MR) is 67.6 cm³/mol. The lowest BCUT2D eigenvalue weighted by atomic mass is 9.89. The van der Waals surface area contributed by atoms with Crippen LogP contribution in [0.1, 0.15) is 38.5 Å². The molecule has 2 amide bonds. The average Bonchev–Trinajstić information content (AvgIpc) is 3.16. The predicted octanol–water partition coefficient (Wildman–Crippen LogP) is 1.53. The largest absolute Gasteiger partial charge is 0.481 e. The molecule has 3 saturated heterocycles. The minimum Gasteiger partial charge on any atom is -0.481 e. The fraction of sp³-hybridized carbons (Fsp3) is 0.857. The highest BCUT2D eigenvalue weighted by molar-refractivity contribution is 5.80. The number of carboxylic acids is 1. The second-order valence-corrected chi connectivity index (χ2v) is 6.65. The lowest BCUT2D eigenvalue weighted by Crippen LogP contribution is -2.49. The third-order valence-corrected chi connectivity index (χ3v) is 5.73. The zero-order valence-electron chi connectivity index (χ0n) is 11.0. The van der Waals surface area contributed by atoms with E-state index < -0.39 is 5.97 Å². The monoisotopic (exact) mass is 264 g/mol. The summed E-state index contributed by atoms with van der Waals surface area (Å²) in [5, 5.41) is 9.25. The lowest BCUT2D eigenvalue weighted by Gasteiger charge is -2.33. The molecular weight excluding hydrogens is 244 g/mol. The highest BCUT2D eigenvalue weighted by atomic mass is 16.4. The molecular formula is C14H20N2O3. The molecule has 5 atom stereocenters. The van der Waals surface area contributed by atoms with Crippen molar-refractivity contribution in [2.75, 3.05) is 6.54 Å². The maximum Gasteiger partial charge on any atom is 0.320 e. The molecule has 5 nitrogen and oxygen atoms in total. The number of hydrogen-bond donors (Lipinski definition) is 1. The molecule has 104 valence electrons. The van der Waals surface area contributed by atoms with E-state index in [1.807, 2.05) is 9.80 Å².